The fraction of sp³-hybridized carbons (Fsp3) is 0.485. The second kappa shape index (κ2) is 15.1. The van der Waals surface area contributed by atoms with Crippen LogP contribution in [0, 0.1) is 0 Å². The van der Waals surface area contributed by atoms with Gasteiger partial charge < -0.3 is 29.3 Å². The Morgan fingerprint density at radius 1 is 0.957 bits per heavy atom. The number of fused-ring (bicyclic) bond motifs is 1. The van der Waals surface area contributed by atoms with Gasteiger partial charge in [-0.25, -0.2) is 4.98 Å². The van der Waals surface area contributed by atoms with Gasteiger partial charge in [0.2, 0.25) is 5.95 Å². The van der Waals surface area contributed by atoms with Gasteiger partial charge in [0, 0.05) is 38.2 Å². The number of hydrogen-bond donors (Lipinski definition) is 2. The molecule has 2 aromatic carbocycles. The molecule has 1 amide bonds. The maximum atomic E-state index is 14.1. The van der Waals surface area contributed by atoms with Crippen molar-refractivity contribution in [3.63, 3.8) is 0 Å². The number of nitrogens with zero attached hydrogens (tertiary/aromatic N) is 3. The van der Waals surface area contributed by atoms with Gasteiger partial charge in [-0.2, -0.15) is 18.2 Å². The minimum Gasteiger partial charge on any atom is -0.379 e. The molecule has 2 N–H and O–H groups in total. The quantitative estimate of drug-likeness (QED) is 0.176. The Labute approximate surface area is 269 Å². The minimum absolute atomic E-state index is 0.0168. The number of halogens is 3. The molecular weight excluding hydrogens is 618 g/mol. The van der Waals surface area contributed by atoms with Gasteiger partial charge in [-0.1, -0.05) is 18.2 Å². The molecule has 13 heteroatoms. The summed E-state index contributed by atoms with van der Waals surface area (Å²) in [5.74, 6) is -0.427. The Morgan fingerprint density at radius 3 is 2.28 bits per heavy atom. The Morgan fingerprint density at radius 2 is 1.65 bits per heavy atom. The Kier molecular flexibility index (Phi) is 11.1. The van der Waals surface area contributed by atoms with Crippen molar-refractivity contribution >= 4 is 37.4 Å². The van der Waals surface area contributed by atoms with Gasteiger partial charge in [-0.05, 0) is 87.3 Å². The maximum absolute atomic E-state index is 14.1. The van der Waals surface area contributed by atoms with Crippen molar-refractivity contribution in [2.24, 2.45) is 0 Å². The number of aromatic nitrogens is 2. The highest BCUT2D eigenvalue weighted by Crippen LogP contribution is 2.44. The van der Waals surface area contributed by atoms with Crippen LogP contribution in [0.1, 0.15) is 85.0 Å². The van der Waals surface area contributed by atoms with E-state index in [-0.39, 0.29) is 29.6 Å². The van der Waals surface area contributed by atoms with E-state index in [2.05, 4.69) is 20.6 Å². The lowest BCUT2D eigenvalue weighted by atomic mass is 9.80. The summed E-state index contributed by atoms with van der Waals surface area (Å²) in [6.07, 6.45) is 0.639. The molecule has 0 atom stereocenters. The van der Waals surface area contributed by atoms with E-state index >= 15 is 0 Å². The first-order valence-corrected chi connectivity index (χ1v) is 17.1. The van der Waals surface area contributed by atoms with Gasteiger partial charge in [0.25, 0.3) is 5.91 Å². The Bertz CT molecular complexity index is 1490. The zero-order chi connectivity index (χ0) is 32.8. The monoisotopic (exact) mass is 659 g/mol. The van der Waals surface area contributed by atoms with Gasteiger partial charge in [-0.15, -0.1) is 0 Å². The van der Waals surface area contributed by atoms with Crippen molar-refractivity contribution in [1.29, 1.82) is 0 Å². The molecule has 5 rings (SSSR count). The fourth-order valence-electron chi connectivity index (χ4n) is 6.10. The first kappa shape index (κ1) is 34.0. The summed E-state index contributed by atoms with van der Waals surface area (Å²) in [4.78, 5) is 23.1. The van der Waals surface area contributed by atoms with Crippen LogP contribution in [0.15, 0.2) is 42.6 Å². The molecule has 0 radical (unpaired) electrons. The first-order chi connectivity index (χ1) is 22.1. The van der Waals surface area contributed by atoms with Crippen LogP contribution in [0.25, 0.3) is 0 Å². The highest BCUT2D eigenvalue weighted by molar-refractivity contribution is 7.46. The Balaban J connectivity index is 1.39. The third-order valence-corrected chi connectivity index (χ3v) is 9.95. The second-order valence-electron chi connectivity index (χ2n) is 11.4. The average Bonchev–Trinajstić information content (AvgIpc) is 3.32. The van der Waals surface area contributed by atoms with Crippen LogP contribution >= 0.6 is 8.38 Å². The molecule has 3 aromatic rings. The van der Waals surface area contributed by atoms with Crippen molar-refractivity contribution in [3.8, 4) is 0 Å². The number of carbonyl (C=O) groups excluding carboxylic acids is 1. The van der Waals surface area contributed by atoms with Crippen molar-refractivity contribution in [3.05, 3.63) is 70.4 Å². The highest BCUT2D eigenvalue weighted by Gasteiger charge is 2.37. The molecule has 1 saturated carbocycles. The molecule has 9 nitrogen and oxygen atoms in total. The van der Waals surface area contributed by atoms with E-state index in [1.165, 1.54) is 0 Å². The molecule has 2 heterocycles. The van der Waals surface area contributed by atoms with E-state index in [1.807, 2.05) is 39.0 Å². The molecule has 0 unspecified atom stereocenters. The number of hydrogen-bond acceptors (Lipinski definition) is 8. The summed E-state index contributed by atoms with van der Waals surface area (Å²) in [5.41, 5.74) is 3.19. The van der Waals surface area contributed by atoms with Crippen LogP contribution in [0.3, 0.4) is 0 Å². The third kappa shape index (κ3) is 7.97. The lowest BCUT2D eigenvalue weighted by molar-refractivity contribution is -0.137. The zero-order valence-corrected chi connectivity index (χ0v) is 27.5. The summed E-state index contributed by atoms with van der Waals surface area (Å²) >= 11 is 0. The maximum Gasteiger partial charge on any atom is 0.421 e. The van der Waals surface area contributed by atoms with Gasteiger partial charge in [0.15, 0.2) is 8.38 Å². The van der Waals surface area contributed by atoms with E-state index < -0.39 is 25.9 Å². The molecule has 1 fully saturated rings. The van der Waals surface area contributed by atoms with E-state index in [1.54, 1.807) is 30.1 Å². The molecule has 1 aromatic heterocycles. The van der Waals surface area contributed by atoms with Gasteiger partial charge in [-0.3, -0.25) is 4.79 Å². The van der Waals surface area contributed by atoms with E-state index in [4.69, 9.17) is 13.8 Å². The summed E-state index contributed by atoms with van der Waals surface area (Å²) in [6.45, 7) is 8.03. The van der Waals surface area contributed by atoms with Crippen LogP contribution in [-0.2, 0) is 32.7 Å². The standard InChI is InChI=1S/C33H41F3N5O4P/c1-5-43-24-14-10-22(11-15-24)25-16-17-28(29-26(25)19-41(4)31(29)42)39-30-27(33(34,35)36)18-37-32(40-30)38-23-12-8-21(9-13-23)20-46(44-6-2)45-7-3/h8-9,12-13,16-18,22,24H,5-7,10-11,14-15,19-20H2,1-4H3,(H2,37,38,39,40)/t22-,24+. The largest absolute Gasteiger partial charge is 0.421 e. The molecule has 2 aliphatic rings. The van der Waals surface area contributed by atoms with Crippen LogP contribution < -0.4 is 10.6 Å². The number of anilines is 4. The van der Waals surface area contributed by atoms with Crippen molar-refractivity contribution in [2.45, 2.75) is 77.4 Å². The molecule has 1 aliphatic heterocycles. The Hall–Kier alpha value is -3.31. The third-order valence-electron chi connectivity index (χ3n) is 8.24. The summed E-state index contributed by atoms with van der Waals surface area (Å²) < 4.78 is 59.6. The normalized spacial score (nSPS) is 18.3. The highest BCUT2D eigenvalue weighted by atomic mass is 31.2. The molecular formula is C33H41F3N5O4P. The summed E-state index contributed by atoms with van der Waals surface area (Å²) in [6, 6.07) is 11.0. The fourth-order valence-corrected chi connectivity index (χ4v) is 7.44. The number of benzene rings is 2. The molecule has 1 aliphatic carbocycles. The number of nitrogens with one attached hydrogen (secondary N) is 2. The lowest BCUT2D eigenvalue weighted by Gasteiger charge is -2.30. The van der Waals surface area contributed by atoms with Crippen molar-refractivity contribution < 1.29 is 31.8 Å². The predicted octanol–water partition coefficient (Wildman–Crippen LogP) is 8.52. The van der Waals surface area contributed by atoms with Gasteiger partial charge >= 0.3 is 6.18 Å². The molecule has 0 bridgehead atoms. The van der Waals surface area contributed by atoms with E-state index in [0.717, 1.165) is 48.6 Å². The number of alkyl halides is 3. The molecule has 0 saturated heterocycles. The topological polar surface area (TPSA) is 97.8 Å². The second-order valence-corrected chi connectivity index (χ2v) is 12.9. The number of ether oxygens (including phenoxy) is 1. The minimum atomic E-state index is -4.72. The van der Waals surface area contributed by atoms with Crippen molar-refractivity contribution in [2.75, 3.05) is 37.5 Å². The van der Waals surface area contributed by atoms with Gasteiger partial charge in [0.05, 0.1) is 30.6 Å². The van der Waals surface area contributed by atoms with Crippen LogP contribution in [0.4, 0.5) is 36.3 Å². The lowest BCUT2D eigenvalue weighted by Crippen LogP contribution is -2.21. The first-order valence-electron chi connectivity index (χ1n) is 15.7. The molecule has 46 heavy (non-hydrogen) atoms. The summed E-state index contributed by atoms with van der Waals surface area (Å²) in [7, 11) is 0.656. The number of amides is 1. The molecule has 0 spiro atoms. The van der Waals surface area contributed by atoms with Crippen LogP contribution in [0.2, 0.25) is 0 Å². The van der Waals surface area contributed by atoms with Crippen LogP contribution in [-0.4, -0.2) is 53.7 Å². The van der Waals surface area contributed by atoms with E-state index in [0.29, 0.717) is 43.8 Å². The van der Waals surface area contributed by atoms with E-state index in [9.17, 15) is 18.0 Å². The smallest absolute Gasteiger partial charge is 0.379 e. The zero-order valence-electron chi connectivity index (χ0n) is 26.6. The SMILES string of the molecule is CCOP(Cc1ccc(Nc2ncc(C(F)(F)F)c(Nc3ccc([C@H]4CC[C@@H](OCC)CC4)c4c3C(=O)N(C)C4)n2)cc1)OCC. The predicted molar refractivity (Wildman–Crippen MR) is 173 cm³/mol. The van der Waals surface area contributed by atoms with Crippen molar-refractivity contribution in [1.82, 2.24) is 14.9 Å². The average molecular weight is 660 g/mol. The van der Waals surface area contributed by atoms with Gasteiger partial charge in [0.1, 0.15) is 11.4 Å². The van der Waals surface area contributed by atoms with Crippen LogP contribution in [0.5, 0.6) is 0 Å². The number of rotatable bonds is 13. The summed E-state index contributed by atoms with van der Waals surface area (Å²) in [5, 5.41) is 5.86. The molecule has 248 valence electrons. The number of carbonyl (C=O) groups is 1.